The summed E-state index contributed by atoms with van der Waals surface area (Å²) in [5, 5.41) is 0. The van der Waals surface area contributed by atoms with Gasteiger partial charge in [0, 0.05) is 16.3 Å². The zero-order chi connectivity index (χ0) is 19.5. The molecule has 0 saturated carbocycles. The van der Waals surface area contributed by atoms with Crippen LogP contribution in [0.3, 0.4) is 0 Å². The van der Waals surface area contributed by atoms with Gasteiger partial charge in [0.2, 0.25) is 5.89 Å². The van der Waals surface area contributed by atoms with Gasteiger partial charge in [-0.3, -0.25) is 4.99 Å². The highest BCUT2D eigenvalue weighted by molar-refractivity contribution is 9.10. The first-order valence-corrected chi connectivity index (χ1v) is 9.82. The number of benzene rings is 3. The second-order valence-corrected chi connectivity index (χ2v) is 7.66. The summed E-state index contributed by atoms with van der Waals surface area (Å²) >= 11 is 3.47. The van der Waals surface area contributed by atoms with E-state index in [1.165, 1.54) is 11.1 Å². The van der Waals surface area contributed by atoms with Crippen LogP contribution in [0, 0.1) is 13.8 Å². The second-order valence-electron chi connectivity index (χ2n) is 6.74. The Labute approximate surface area is 172 Å². The Morgan fingerprint density at radius 2 is 1.79 bits per heavy atom. The fourth-order valence-electron chi connectivity index (χ4n) is 3.11. The van der Waals surface area contributed by atoms with E-state index in [9.17, 15) is 0 Å². The molecular formula is C24H19BrN2O. The van der Waals surface area contributed by atoms with E-state index in [-0.39, 0.29) is 0 Å². The molecule has 0 aliphatic carbocycles. The van der Waals surface area contributed by atoms with E-state index in [0.717, 1.165) is 32.4 Å². The Kier molecular flexibility index (Phi) is 5.22. The SMILES string of the molecule is Cc1cc(C)cc(-c2nc3cc(N=CC=Cc4cccc(Br)c4)ccc3o2)c1. The van der Waals surface area contributed by atoms with Gasteiger partial charge in [0.05, 0.1) is 5.69 Å². The van der Waals surface area contributed by atoms with Gasteiger partial charge in [-0.15, -0.1) is 0 Å². The summed E-state index contributed by atoms with van der Waals surface area (Å²) in [6.45, 7) is 4.15. The third-order valence-corrected chi connectivity index (χ3v) is 4.78. The Bertz CT molecular complexity index is 1180. The van der Waals surface area contributed by atoms with E-state index in [1.54, 1.807) is 6.21 Å². The smallest absolute Gasteiger partial charge is 0.227 e. The second kappa shape index (κ2) is 7.95. The Morgan fingerprint density at radius 1 is 0.964 bits per heavy atom. The Morgan fingerprint density at radius 3 is 2.57 bits per heavy atom. The number of fused-ring (bicyclic) bond motifs is 1. The van der Waals surface area contributed by atoms with Crippen molar-refractivity contribution in [3.05, 3.63) is 87.9 Å². The topological polar surface area (TPSA) is 38.4 Å². The summed E-state index contributed by atoms with van der Waals surface area (Å²) in [4.78, 5) is 9.15. The van der Waals surface area contributed by atoms with Crippen molar-refractivity contribution in [1.29, 1.82) is 0 Å². The number of oxazole rings is 1. The average molecular weight is 431 g/mol. The summed E-state index contributed by atoms with van der Waals surface area (Å²) in [7, 11) is 0. The lowest BCUT2D eigenvalue weighted by atomic mass is 10.1. The van der Waals surface area contributed by atoms with Crippen molar-refractivity contribution in [2.24, 2.45) is 4.99 Å². The van der Waals surface area contributed by atoms with E-state index in [1.807, 2.05) is 48.6 Å². The van der Waals surface area contributed by atoms with E-state index < -0.39 is 0 Å². The van der Waals surface area contributed by atoms with Crippen LogP contribution < -0.4 is 0 Å². The van der Waals surface area contributed by atoms with Crippen molar-refractivity contribution in [2.45, 2.75) is 13.8 Å². The minimum atomic E-state index is 0.637. The molecule has 138 valence electrons. The van der Waals surface area contributed by atoms with Crippen LogP contribution in [-0.4, -0.2) is 11.2 Å². The molecule has 0 unspecified atom stereocenters. The summed E-state index contributed by atoms with van der Waals surface area (Å²) in [6.07, 6.45) is 5.73. The maximum absolute atomic E-state index is 5.93. The van der Waals surface area contributed by atoms with Crippen LogP contribution in [-0.2, 0) is 0 Å². The normalized spacial score (nSPS) is 11.8. The van der Waals surface area contributed by atoms with E-state index in [4.69, 9.17) is 4.42 Å². The van der Waals surface area contributed by atoms with Crippen molar-refractivity contribution in [1.82, 2.24) is 4.98 Å². The number of hydrogen-bond acceptors (Lipinski definition) is 3. The highest BCUT2D eigenvalue weighted by Gasteiger charge is 2.09. The lowest BCUT2D eigenvalue weighted by Crippen LogP contribution is -1.82. The maximum atomic E-state index is 5.93. The van der Waals surface area contributed by atoms with Crippen LogP contribution >= 0.6 is 15.9 Å². The fraction of sp³-hybridized carbons (Fsp3) is 0.0833. The summed E-state index contributed by atoms with van der Waals surface area (Å²) in [5.41, 5.74) is 6.91. The Balaban J connectivity index is 1.56. The average Bonchev–Trinajstić information content (AvgIpc) is 3.08. The highest BCUT2D eigenvalue weighted by atomic mass is 79.9. The lowest BCUT2D eigenvalue weighted by molar-refractivity contribution is 0.619. The van der Waals surface area contributed by atoms with Gasteiger partial charge in [0.1, 0.15) is 5.52 Å². The van der Waals surface area contributed by atoms with Crippen molar-refractivity contribution in [3.63, 3.8) is 0 Å². The van der Waals surface area contributed by atoms with E-state index in [2.05, 4.69) is 64.0 Å². The molecule has 0 saturated heterocycles. The quantitative estimate of drug-likeness (QED) is 0.318. The molecule has 0 bridgehead atoms. The third kappa shape index (κ3) is 4.29. The molecule has 3 aromatic carbocycles. The molecule has 0 fully saturated rings. The molecule has 4 rings (SSSR count). The van der Waals surface area contributed by atoms with Crippen molar-refractivity contribution >= 4 is 45.0 Å². The van der Waals surface area contributed by atoms with E-state index in [0.29, 0.717) is 5.89 Å². The molecule has 0 N–H and O–H groups in total. The molecule has 4 heteroatoms. The predicted octanol–water partition coefficient (Wildman–Crippen LogP) is 7.29. The number of allylic oxidation sites excluding steroid dienone is 1. The molecule has 1 aromatic heterocycles. The number of hydrogen-bond donors (Lipinski definition) is 0. The highest BCUT2D eigenvalue weighted by Crippen LogP contribution is 2.28. The molecule has 0 radical (unpaired) electrons. The predicted molar refractivity (Wildman–Crippen MR) is 120 cm³/mol. The third-order valence-electron chi connectivity index (χ3n) is 4.29. The molecule has 3 nitrogen and oxygen atoms in total. The van der Waals surface area contributed by atoms with Gasteiger partial charge in [-0.1, -0.05) is 51.3 Å². The van der Waals surface area contributed by atoms with Gasteiger partial charge < -0.3 is 4.42 Å². The Hall–Kier alpha value is -2.98. The van der Waals surface area contributed by atoms with E-state index >= 15 is 0 Å². The number of aliphatic imine (C=N–C) groups is 1. The molecule has 1 heterocycles. The first-order valence-electron chi connectivity index (χ1n) is 9.02. The molecule has 0 atom stereocenters. The standard InChI is InChI=1S/C24H19BrN2O/c1-16-11-17(2)13-19(12-16)24-27-22-15-21(8-9-23(22)28-24)26-10-4-6-18-5-3-7-20(25)14-18/h3-15H,1-2H3. The molecule has 4 aromatic rings. The minimum absolute atomic E-state index is 0.637. The summed E-state index contributed by atoms with van der Waals surface area (Å²) in [5.74, 6) is 0.637. The fourth-order valence-corrected chi connectivity index (χ4v) is 3.53. The number of aromatic nitrogens is 1. The van der Waals surface area contributed by atoms with Gasteiger partial charge in [-0.05, 0) is 68.0 Å². The van der Waals surface area contributed by atoms with Crippen LogP contribution in [0.4, 0.5) is 5.69 Å². The van der Waals surface area contributed by atoms with Gasteiger partial charge in [0.15, 0.2) is 5.58 Å². The van der Waals surface area contributed by atoms with Crippen LogP contribution in [0.15, 0.2) is 80.6 Å². The molecule has 28 heavy (non-hydrogen) atoms. The largest absolute Gasteiger partial charge is 0.436 e. The molecular weight excluding hydrogens is 412 g/mol. The minimum Gasteiger partial charge on any atom is -0.436 e. The van der Waals surface area contributed by atoms with Gasteiger partial charge in [0.25, 0.3) is 0 Å². The summed E-state index contributed by atoms with van der Waals surface area (Å²) < 4.78 is 6.99. The number of nitrogens with zero attached hydrogens (tertiary/aromatic N) is 2. The van der Waals surface area contributed by atoms with Gasteiger partial charge in [-0.25, -0.2) is 4.98 Å². The van der Waals surface area contributed by atoms with Crippen molar-refractivity contribution < 1.29 is 4.42 Å². The monoisotopic (exact) mass is 430 g/mol. The number of rotatable bonds is 4. The van der Waals surface area contributed by atoms with Crippen molar-refractivity contribution in [2.75, 3.05) is 0 Å². The van der Waals surface area contributed by atoms with Gasteiger partial charge >= 0.3 is 0 Å². The molecule has 0 spiro atoms. The molecule has 0 aliphatic heterocycles. The number of halogens is 1. The van der Waals surface area contributed by atoms with Crippen LogP contribution in [0.2, 0.25) is 0 Å². The lowest BCUT2D eigenvalue weighted by Gasteiger charge is -2.00. The molecule has 0 amide bonds. The first-order chi connectivity index (χ1) is 13.6. The zero-order valence-electron chi connectivity index (χ0n) is 15.7. The maximum Gasteiger partial charge on any atom is 0.227 e. The van der Waals surface area contributed by atoms with Gasteiger partial charge in [-0.2, -0.15) is 0 Å². The first kappa shape index (κ1) is 18.4. The van der Waals surface area contributed by atoms with Crippen LogP contribution in [0.1, 0.15) is 16.7 Å². The van der Waals surface area contributed by atoms with Crippen LogP contribution in [0.25, 0.3) is 28.6 Å². The van der Waals surface area contributed by atoms with Crippen molar-refractivity contribution in [3.8, 4) is 11.5 Å². The number of aryl methyl sites for hydroxylation is 2. The summed E-state index contributed by atoms with van der Waals surface area (Å²) in [6, 6.07) is 20.2. The van der Waals surface area contributed by atoms with Crippen LogP contribution in [0.5, 0.6) is 0 Å². The zero-order valence-corrected chi connectivity index (χ0v) is 17.3. The molecule has 0 aliphatic rings.